The lowest BCUT2D eigenvalue weighted by molar-refractivity contribution is -0.133. The Morgan fingerprint density at radius 2 is 1.59 bits per heavy atom. The van der Waals surface area contributed by atoms with Crippen molar-refractivity contribution in [1.29, 1.82) is 0 Å². The van der Waals surface area contributed by atoms with Crippen molar-refractivity contribution in [3.8, 4) is 11.5 Å². The van der Waals surface area contributed by atoms with Crippen molar-refractivity contribution in [2.24, 2.45) is 0 Å². The molecule has 2 aromatic rings. The second kappa shape index (κ2) is 9.97. The van der Waals surface area contributed by atoms with Crippen LogP contribution in [-0.4, -0.2) is 62.1 Å². The Bertz CT molecular complexity index is 713. The molecule has 1 aliphatic rings. The summed E-state index contributed by atoms with van der Waals surface area (Å²) in [4.78, 5) is 16.8. The Labute approximate surface area is 161 Å². The van der Waals surface area contributed by atoms with Gasteiger partial charge in [0, 0.05) is 32.7 Å². The maximum atomic E-state index is 12.4. The summed E-state index contributed by atoms with van der Waals surface area (Å²) in [6, 6.07) is 18.1. The van der Waals surface area contributed by atoms with Crippen LogP contribution in [0.3, 0.4) is 0 Å². The fourth-order valence-corrected chi connectivity index (χ4v) is 3.30. The molecular formula is C22H28N2O3. The van der Waals surface area contributed by atoms with Gasteiger partial charge in [0.15, 0.2) is 11.5 Å². The van der Waals surface area contributed by atoms with Crippen LogP contribution in [0.5, 0.6) is 11.5 Å². The van der Waals surface area contributed by atoms with Crippen LogP contribution < -0.4 is 9.47 Å². The van der Waals surface area contributed by atoms with Gasteiger partial charge in [-0.05, 0) is 24.1 Å². The summed E-state index contributed by atoms with van der Waals surface area (Å²) in [5, 5.41) is 0. The fraction of sp³-hybridized carbons (Fsp3) is 0.409. The largest absolute Gasteiger partial charge is 0.493 e. The fourth-order valence-electron chi connectivity index (χ4n) is 3.30. The minimum Gasteiger partial charge on any atom is -0.493 e. The lowest BCUT2D eigenvalue weighted by Crippen LogP contribution is -2.49. The van der Waals surface area contributed by atoms with Gasteiger partial charge in [-0.25, -0.2) is 0 Å². The zero-order valence-electron chi connectivity index (χ0n) is 16.0. The highest BCUT2D eigenvalue weighted by atomic mass is 16.5. The number of rotatable bonds is 8. The van der Waals surface area contributed by atoms with E-state index in [9.17, 15) is 4.79 Å². The summed E-state index contributed by atoms with van der Waals surface area (Å²) in [5.74, 6) is 1.53. The van der Waals surface area contributed by atoms with Gasteiger partial charge in [0.1, 0.15) is 0 Å². The molecule has 0 aromatic heterocycles. The number of piperazine rings is 1. The number of ether oxygens (including phenoxy) is 2. The molecule has 1 amide bonds. The van der Waals surface area contributed by atoms with Crippen molar-refractivity contribution >= 4 is 5.91 Å². The smallest absolute Gasteiger partial charge is 0.226 e. The third-order valence-electron chi connectivity index (χ3n) is 4.93. The number of hydrogen-bond donors (Lipinski definition) is 0. The van der Waals surface area contributed by atoms with Crippen molar-refractivity contribution in [2.45, 2.75) is 12.8 Å². The molecule has 0 bridgehead atoms. The second-order valence-electron chi connectivity index (χ2n) is 6.71. The van der Waals surface area contributed by atoms with Crippen molar-refractivity contribution in [3.05, 3.63) is 60.2 Å². The molecule has 0 spiro atoms. The van der Waals surface area contributed by atoms with E-state index in [-0.39, 0.29) is 5.91 Å². The van der Waals surface area contributed by atoms with Gasteiger partial charge in [0.2, 0.25) is 5.91 Å². The molecule has 1 fully saturated rings. The number of carbonyl (C=O) groups is 1. The molecule has 0 unspecified atom stereocenters. The molecule has 3 rings (SSSR count). The highest BCUT2D eigenvalue weighted by Crippen LogP contribution is 2.25. The minimum absolute atomic E-state index is 0.160. The summed E-state index contributed by atoms with van der Waals surface area (Å²) in [5.41, 5.74) is 1.37. The van der Waals surface area contributed by atoms with Crippen LogP contribution >= 0.6 is 0 Å². The summed E-state index contributed by atoms with van der Waals surface area (Å²) in [7, 11) is 1.62. The van der Waals surface area contributed by atoms with Crippen LogP contribution in [0.4, 0.5) is 0 Å². The van der Waals surface area contributed by atoms with E-state index in [0.717, 1.165) is 39.1 Å². The molecule has 0 saturated carbocycles. The molecule has 2 aromatic carbocycles. The van der Waals surface area contributed by atoms with Crippen LogP contribution in [0.1, 0.15) is 12.0 Å². The quantitative estimate of drug-likeness (QED) is 0.719. The number of nitrogens with zero attached hydrogens (tertiary/aromatic N) is 2. The van der Waals surface area contributed by atoms with Gasteiger partial charge in [-0.3, -0.25) is 9.69 Å². The molecule has 27 heavy (non-hydrogen) atoms. The van der Waals surface area contributed by atoms with Gasteiger partial charge in [-0.1, -0.05) is 42.5 Å². The second-order valence-corrected chi connectivity index (χ2v) is 6.71. The first-order chi connectivity index (χ1) is 13.3. The first kappa shape index (κ1) is 19.2. The number of para-hydroxylation sites is 2. The number of methoxy groups -OCH3 is 1. The first-order valence-corrected chi connectivity index (χ1v) is 9.56. The van der Waals surface area contributed by atoms with E-state index in [1.165, 1.54) is 5.56 Å². The Morgan fingerprint density at radius 1 is 0.926 bits per heavy atom. The van der Waals surface area contributed by atoms with E-state index in [0.29, 0.717) is 24.5 Å². The summed E-state index contributed by atoms with van der Waals surface area (Å²) in [6.45, 7) is 4.87. The topological polar surface area (TPSA) is 42.0 Å². The Morgan fingerprint density at radius 3 is 2.30 bits per heavy atom. The van der Waals surface area contributed by atoms with Crippen molar-refractivity contribution in [1.82, 2.24) is 9.80 Å². The van der Waals surface area contributed by atoms with Crippen molar-refractivity contribution in [3.63, 3.8) is 0 Å². The van der Waals surface area contributed by atoms with E-state index in [1.807, 2.05) is 35.2 Å². The van der Waals surface area contributed by atoms with Gasteiger partial charge in [0.05, 0.1) is 20.1 Å². The van der Waals surface area contributed by atoms with Crippen molar-refractivity contribution in [2.75, 3.05) is 46.4 Å². The highest BCUT2D eigenvalue weighted by Gasteiger charge is 2.20. The van der Waals surface area contributed by atoms with E-state index in [4.69, 9.17) is 9.47 Å². The molecule has 0 radical (unpaired) electrons. The number of hydrogen-bond acceptors (Lipinski definition) is 4. The predicted molar refractivity (Wildman–Crippen MR) is 106 cm³/mol. The molecular weight excluding hydrogens is 340 g/mol. The average molecular weight is 368 g/mol. The SMILES string of the molecule is COc1ccccc1OCCC(=O)N1CCN(CCc2ccccc2)CC1. The van der Waals surface area contributed by atoms with Gasteiger partial charge in [0.25, 0.3) is 0 Å². The Balaban J connectivity index is 1.36. The van der Waals surface area contributed by atoms with E-state index in [2.05, 4.69) is 29.2 Å². The van der Waals surface area contributed by atoms with Crippen LogP contribution in [-0.2, 0) is 11.2 Å². The third-order valence-corrected chi connectivity index (χ3v) is 4.93. The maximum absolute atomic E-state index is 12.4. The standard InChI is InChI=1S/C22H28N2O3/c1-26-20-9-5-6-10-21(20)27-18-12-22(25)24-16-14-23(15-17-24)13-11-19-7-3-2-4-8-19/h2-10H,11-18H2,1H3. The molecule has 1 heterocycles. The molecule has 144 valence electrons. The molecule has 0 aliphatic carbocycles. The summed E-state index contributed by atoms with van der Waals surface area (Å²) >= 11 is 0. The molecule has 1 saturated heterocycles. The monoisotopic (exact) mass is 368 g/mol. The van der Waals surface area contributed by atoms with Crippen LogP contribution in [0.2, 0.25) is 0 Å². The van der Waals surface area contributed by atoms with E-state index < -0.39 is 0 Å². The van der Waals surface area contributed by atoms with Gasteiger partial charge in [-0.15, -0.1) is 0 Å². The zero-order valence-corrected chi connectivity index (χ0v) is 16.0. The average Bonchev–Trinajstić information content (AvgIpc) is 2.73. The zero-order chi connectivity index (χ0) is 18.9. The molecule has 5 heteroatoms. The van der Waals surface area contributed by atoms with Crippen LogP contribution in [0.15, 0.2) is 54.6 Å². The lowest BCUT2D eigenvalue weighted by atomic mass is 10.1. The minimum atomic E-state index is 0.160. The van der Waals surface area contributed by atoms with Gasteiger partial charge >= 0.3 is 0 Å². The summed E-state index contributed by atoms with van der Waals surface area (Å²) in [6.07, 6.45) is 1.45. The molecule has 0 N–H and O–H groups in total. The van der Waals surface area contributed by atoms with E-state index in [1.54, 1.807) is 7.11 Å². The molecule has 5 nitrogen and oxygen atoms in total. The van der Waals surface area contributed by atoms with E-state index >= 15 is 0 Å². The highest BCUT2D eigenvalue weighted by molar-refractivity contribution is 5.76. The number of benzene rings is 2. The van der Waals surface area contributed by atoms with Gasteiger partial charge < -0.3 is 14.4 Å². The van der Waals surface area contributed by atoms with Crippen LogP contribution in [0.25, 0.3) is 0 Å². The van der Waals surface area contributed by atoms with Crippen molar-refractivity contribution < 1.29 is 14.3 Å². The molecule has 0 atom stereocenters. The first-order valence-electron chi connectivity index (χ1n) is 9.56. The summed E-state index contributed by atoms with van der Waals surface area (Å²) < 4.78 is 11.0. The number of amides is 1. The normalized spacial score (nSPS) is 14.8. The maximum Gasteiger partial charge on any atom is 0.226 e. The Hall–Kier alpha value is -2.53. The third kappa shape index (κ3) is 5.73. The lowest BCUT2D eigenvalue weighted by Gasteiger charge is -2.34. The predicted octanol–water partition coefficient (Wildman–Crippen LogP) is 2.85. The Kier molecular flexibility index (Phi) is 7.11. The van der Waals surface area contributed by atoms with Crippen LogP contribution in [0, 0.1) is 0 Å². The van der Waals surface area contributed by atoms with Gasteiger partial charge in [-0.2, -0.15) is 0 Å². The molecule has 1 aliphatic heterocycles. The number of carbonyl (C=O) groups excluding carboxylic acids is 1.